The van der Waals surface area contributed by atoms with Crippen LogP contribution in [-0.4, -0.2) is 6.04 Å². The fourth-order valence-electron chi connectivity index (χ4n) is 2.58. The number of rotatable bonds is 4. The Morgan fingerprint density at radius 1 is 1.38 bits per heavy atom. The maximum Gasteiger partial charge on any atom is 0.0931 e. The third-order valence-electron chi connectivity index (χ3n) is 3.48. The molecule has 0 radical (unpaired) electrons. The minimum Gasteiger partial charge on any atom is -0.271 e. The molecule has 16 heavy (non-hydrogen) atoms. The van der Waals surface area contributed by atoms with Crippen molar-refractivity contribution in [3.8, 4) is 0 Å². The molecule has 0 aromatic carbocycles. The molecule has 0 bridgehead atoms. The summed E-state index contributed by atoms with van der Waals surface area (Å²) in [5.41, 5.74) is 2.99. The van der Waals surface area contributed by atoms with E-state index in [0.717, 1.165) is 16.7 Å². The molecular formula is C12H19ClN2S. The van der Waals surface area contributed by atoms with E-state index in [1.807, 2.05) is 6.07 Å². The Morgan fingerprint density at radius 3 is 2.69 bits per heavy atom. The molecule has 3 N–H and O–H groups in total. The van der Waals surface area contributed by atoms with E-state index in [9.17, 15) is 0 Å². The zero-order valence-electron chi connectivity index (χ0n) is 9.42. The summed E-state index contributed by atoms with van der Waals surface area (Å²) in [5.74, 6) is 6.42. The van der Waals surface area contributed by atoms with Gasteiger partial charge in [0.2, 0.25) is 0 Å². The van der Waals surface area contributed by atoms with E-state index in [4.69, 9.17) is 17.4 Å². The lowest BCUT2D eigenvalue weighted by Gasteiger charge is -2.29. The molecule has 90 valence electrons. The lowest BCUT2D eigenvalue weighted by atomic mass is 9.83. The van der Waals surface area contributed by atoms with Gasteiger partial charge in [-0.25, -0.2) is 0 Å². The van der Waals surface area contributed by atoms with Crippen LogP contribution in [0.1, 0.15) is 37.0 Å². The lowest BCUT2D eigenvalue weighted by molar-refractivity contribution is 0.269. The number of nitrogens with two attached hydrogens (primary N) is 1. The van der Waals surface area contributed by atoms with Gasteiger partial charge in [-0.2, -0.15) is 0 Å². The highest BCUT2D eigenvalue weighted by Crippen LogP contribution is 2.30. The topological polar surface area (TPSA) is 38.0 Å². The molecular weight excluding hydrogens is 240 g/mol. The summed E-state index contributed by atoms with van der Waals surface area (Å²) >= 11 is 7.60. The van der Waals surface area contributed by atoms with Gasteiger partial charge >= 0.3 is 0 Å². The molecule has 2 rings (SSSR count). The van der Waals surface area contributed by atoms with Gasteiger partial charge in [-0.15, -0.1) is 11.3 Å². The number of hydrogen-bond donors (Lipinski definition) is 2. The number of nitrogens with one attached hydrogen (secondary N) is 1. The van der Waals surface area contributed by atoms with E-state index in [1.165, 1.54) is 37.0 Å². The molecule has 0 aliphatic heterocycles. The summed E-state index contributed by atoms with van der Waals surface area (Å²) in [6.07, 6.45) is 7.74. The van der Waals surface area contributed by atoms with Crippen molar-refractivity contribution in [1.82, 2.24) is 5.43 Å². The zero-order valence-corrected chi connectivity index (χ0v) is 11.0. The summed E-state index contributed by atoms with van der Waals surface area (Å²) in [6, 6.07) is 4.49. The van der Waals surface area contributed by atoms with Crippen LogP contribution in [0.25, 0.3) is 0 Å². The van der Waals surface area contributed by atoms with E-state index in [1.54, 1.807) is 11.3 Å². The minimum absolute atomic E-state index is 0.412. The molecule has 1 aromatic rings. The Kier molecular flexibility index (Phi) is 4.65. The first-order chi connectivity index (χ1) is 7.79. The Labute approximate surface area is 106 Å². The lowest BCUT2D eigenvalue weighted by Crippen LogP contribution is -2.43. The van der Waals surface area contributed by atoms with E-state index in [2.05, 4.69) is 11.5 Å². The fraction of sp³-hybridized carbons (Fsp3) is 0.667. The normalized spacial score (nSPS) is 19.9. The van der Waals surface area contributed by atoms with Gasteiger partial charge in [0.1, 0.15) is 0 Å². The molecule has 1 unspecified atom stereocenters. The SMILES string of the molecule is NNC(Cc1ccc(Cl)s1)C1CCCCC1. The first-order valence-corrected chi connectivity index (χ1v) is 7.19. The molecule has 1 saturated carbocycles. The van der Waals surface area contributed by atoms with Crippen molar-refractivity contribution in [2.24, 2.45) is 11.8 Å². The number of halogens is 1. The molecule has 1 atom stereocenters. The van der Waals surface area contributed by atoms with Crippen LogP contribution in [0.15, 0.2) is 12.1 Å². The summed E-state index contributed by atoms with van der Waals surface area (Å²) in [6.45, 7) is 0. The predicted octanol–water partition coefficient (Wildman–Crippen LogP) is 3.36. The van der Waals surface area contributed by atoms with Gasteiger partial charge in [0, 0.05) is 10.9 Å². The van der Waals surface area contributed by atoms with Gasteiger partial charge in [0.05, 0.1) is 4.34 Å². The number of hydrogen-bond acceptors (Lipinski definition) is 3. The monoisotopic (exact) mass is 258 g/mol. The van der Waals surface area contributed by atoms with Crippen molar-refractivity contribution in [1.29, 1.82) is 0 Å². The Bertz CT molecular complexity index is 321. The first-order valence-electron chi connectivity index (χ1n) is 6.00. The van der Waals surface area contributed by atoms with Crippen LogP contribution in [0, 0.1) is 5.92 Å². The van der Waals surface area contributed by atoms with Gasteiger partial charge in [-0.05, 0) is 37.3 Å². The van der Waals surface area contributed by atoms with Crippen molar-refractivity contribution >= 4 is 22.9 Å². The van der Waals surface area contributed by atoms with Crippen LogP contribution in [0.5, 0.6) is 0 Å². The van der Waals surface area contributed by atoms with Gasteiger partial charge in [-0.3, -0.25) is 11.3 Å². The van der Waals surface area contributed by atoms with Crippen LogP contribution in [0.2, 0.25) is 4.34 Å². The molecule has 1 aliphatic carbocycles. The standard InChI is InChI=1S/C12H19ClN2S/c13-12-7-6-10(16-12)8-11(15-14)9-4-2-1-3-5-9/h6-7,9,11,15H,1-5,8,14H2. The highest BCUT2D eigenvalue weighted by molar-refractivity contribution is 7.16. The van der Waals surface area contributed by atoms with E-state index in [0.29, 0.717) is 6.04 Å². The summed E-state index contributed by atoms with van der Waals surface area (Å²) < 4.78 is 0.870. The largest absolute Gasteiger partial charge is 0.271 e. The van der Waals surface area contributed by atoms with Gasteiger partial charge in [-0.1, -0.05) is 30.9 Å². The van der Waals surface area contributed by atoms with Crippen molar-refractivity contribution in [3.63, 3.8) is 0 Å². The first kappa shape index (κ1) is 12.4. The van der Waals surface area contributed by atoms with Crippen molar-refractivity contribution in [2.45, 2.75) is 44.6 Å². The van der Waals surface area contributed by atoms with E-state index < -0.39 is 0 Å². The second kappa shape index (κ2) is 6.01. The van der Waals surface area contributed by atoms with E-state index >= 15 is 0 Å². The van der Waals surface area contributed by atoms with Gasteiger partial charge in [0.25, 0.3) is 0 Å². The Morgan fingerprint density at radius 2 is 2.12 bits per heavy atom. The highest BCUT2D eigenvalue weighted by atomic mass is 35.5. The third-order valence-corrected chi connectivity index (χ3v) is 4.74. The van der Waals surface area contributed by atoms with Crippen LogP contribution in [-0.2, 0) is 6.42 Å². The Hall–Kier alpha value is -0.0900. The zero-order chi connectivity index (χ0) is 11.4. The molecule has 1 aromatic heterocycles. The summed E-state index contributed by atoms with van der Waals surface area (Å²) in [5, 5.41) is 0. The molecule has 4 heteroatoms. The third kappa shape index (κ3) is 3.20. The van der Waals surface area contributed by atoms with Crippen LogP contribution in [0.3, 0.4) is 0 Å². The second-order valence-electron chi connectivity index (χ2n) is 4.58. The fourth-order valence-corrected chi connectivity index (χ4v) is 3.72. The van der Waals surface area contributed by atoms with Crippen molar-refractivity contribution in [2.75, 3.05) is 0 Å². The average molecular weight is 259 g/mol. The van der Waals surface area contributed by atoms with Gasteiger partial charge < -0.3 is 0 Å². The molecule has 1 fully saturated rings. The quantitative estimate of drug-likeness (QED) is 0.642. The molecule has 1 heterocycles. The van der Waals surface area contributed by atoms with Crippen LogP contribution in [0.4, 0.5) is 0 Å². The molecule has 0 spiro atoms. The van der Waals surface area contributed by atoms with Gasteiger partial charge in [0.15, 0.2) is 0 Å². The maximum atomic E-state index is 5.94. The predicted molar refractivity (Wildman–Crippen MR) is 70.7 cm³/mol. The maximum absolute atomic E-state index is 5.94. The van der Waals surface area contributed by atoms with Crippen LogP contribution >= 0.6 is 22.9 Å². The molecule has 1 aliphatic rings. The smallest absolute Gasteiger partial charge is 0.0931 e. The Balaban J connectivity index is 1.94. The van der Waals surface area contributed by atoms with Crippen LogP contribution < -0.4 is 11.3 Å². The number of thiophene rings is 1. The highest BCUT2D eigenvalue weighted by Gasteiger charge is 2.23. The summed E-state index contributed by atoms with van der Waals surface area (Å²) in [4.78, 5) is 1.33. The molecule has 0 saturated heterocycles. The average Bonchev–Trinajstić information content (AvgIpc) is 2.73. The number of hydrazine groups is 1. The molecule has 0 amide bonds. The van der Waals surface area contributed by atoms with Crippen molar-refractivity contribution in [3.05, 3.63) is 21.3 Å². The van der Waals surface area contributed by atoms with E-state index in [-0.39, 0.29) is 0 Å². The molecule has 2 nitrogen and oxygen atoms in total. The van der Waals surface area contributed by atoms with Crippen molar-refractivity contribution < 1.29 is 0 Å². The summed E-state index contributed by atoms with van der Waals surface area (Å²) in [7, 11) is 0. The minimum atomic E-state index is 0.412. The second-order valence-corrected chi connectivity index (χ2v) is 6.38.